The zero-order valence-corrected chi connectivity index (χ0v) is 12.5. The Morgan fingerprint density at radius 3 is 2.81 bits per heavy atom. The summed E-state index contributed by atoms with van der Waals surface area (Å²) in [6, 6.07) is 5.68. The highest BCUT2D eigenvalue weighted by molar-refractivity contribution is 7.15. The first-order valence-electron chi connectivity index (χ1n) is 7.06. The van der Waals surface area contributed by atoms with E-state index in [1.54, 1.807) is 17.5 Å². The highest BCUT2D eigenvalue weighted by Crippen LogP contribution is 2.29. The van der Waals surface area contributed by atoms with Gasteiger partial charge in [0.05, 0.1) is 17.8 Å². The van der Waals surface area contributed by atoms with Crippen LogP contribution in [0.2, 0.25) is 0 Å². The Labute approximate surface area is 127 Å². The lowest BCUT2D eigenvalue weighted by molar-refractivity contribution is -0.136. The second-order valence-electron chi connectivity index (χ2n) is 5.16. The van der Waals surface area contributed by atoms with Crippen LogP contribution in [0.3, 0.4) is 0 Å². The summed E-state index contributed by atoms with van der Waals surface area (Å²) >= 11 is 1.56. The largest absolute Gasteiger partial charge is 0.481 e. The van der Waals surface area contributed by atoms with E-state index < -0.39 is 5.97 Å². The maximum atomic E-state index is 11.0. The molecular weight excluding hydrogens is 286 g/mol. The lowest BCUT2D eigenvalue weighted by atomic mass is 10.2. The smallest absolute Gasteiger partial charge is 0.309 e. The number of aliphatic carboxylic acids is 1. The van der Waals surface area contributed by atoms with Gasteiger partial charge < -0.3 is 5.11 Å². The number of thiazole rings is 1. The first-order valence-corrected chi connectivity index (χ1v) is 7.88. The second-order valence-corrected chi connectivity index (χ2v) is 6.24. The van der Waals surface area contributed by atoms with Crippen molar-refractivity contribution >= 4 is 17.3 Å². The molecule has 0 atom stereocenters. The van der Waals surface area contributed by atoms with Crippen LogP contribution in [0.15, 0.2) is 24.4 Å². The van der Waals surface area contributed by atoms with Crippen molar-refractivity contribution in [1.82, 2.24) is 14.9 Å². The fourth-order valence-corrected chi connectivity index (χ4v) is 3.63. The van der Waals surface area contributed by atoms with Gasteiger partial charge in [0.1, 0.15) is 5.01 Å². The zero-order chi connectivity index (χ0) is 14.7. The Morgan fingerprint density at radius 2 is 2.14 bits per heavy atom. The third-order valence-electron chi connectivity index (χ3n) is 3.55. The summed E-state index contributed by atoms with van der Waals surface area (Å²) in [6.45, 7) is 2.97. The highest BCUT2D eigenvalue weighted by Gasteiger charge is 2.19. The van der Waals surface area contributed by atoms with Gasteiger partial charge in [-0.25, -0.2) is 4.98 Å². The average molecular weight is 303 g/mol. The molecule has 3 heterocycles. The molecule has 0 spiro atoms. The molecule has 6 heteroatoms. The molecule has 21 heavy (non-hydrogen) atoms. The molecule has 110 valence electrons. The summed E-state index contributed by atoms with van der Waals surface area (Å²) in [5.74, 6) is -0.837. The molecule has 5 nitrogen and oxygen atoms in total. The van der Waals surface area contributed by atoms with Gasteiger partial charge in [0.2, 0.25) is 0 Å². The zero-order valence-electron chi connectivity index (χ0n) is 11.7. The second kappa shape index (κ2) is 6.32. The van der Waals surface area contributed by atoms with Crippen LogP contribution in [0.4, 0.5) is 0 Å². The third kappa shape index (κ3) is 3.46. The number of nitrogens with zero attached hydrogens (tertiary/aromatic N) is 3. The van der Waals surface area contributed by atoms with E-state index in [4.69, 9.17) is 5.11 Å². The molecule has 0 aromatic carbocycles. The van der Waals surface area contributed by atoms with Gasteiger partial charge in [-0.2, -0.15) is 0 Å². The van der Waals surface area contributed by atoms with E-state index in [0.29, 0.717) is 5.69 Å². The first kappa shape index (κ1) is 14.2. The number of hydrogen-bond donors (Lipinski definition) is 1. The molecule has 1 fully saturated rings. The van der Waals surface area contributed by atoms with Crippen LogP contribution in [0.5, 0.6) is 0 Å². The minimum atomic E-state index is -0.837. The molecule has 1 aliphatic rings. The van der Waals surface area contributed by atoms with E-state index in [1.165, 1.54) is 12.8 Å². The number of carbonyl (C=O) groups is 1. The van der Waals surface area contributed by atoms with Crippen molar-refractivity contribution in [3.8, 4) is 10.7 Å². The highest BCUT2D eigenvalue weighted by atomic mass is 32.1. The van der Waals surface area contributed by atoms with E-state index >= 15 is 0 Å². The van der Waals surface area contributed by atoms with Gasteiger partial charge in [0.15, 0.2) is 0 Å². The molecule has 3 rings (SSSR count). The van der Waals surface area contributed by atoms with Crippen molar-refractivity contribution in [2.45, 2.75) is 25.8 Å². The van der Waals surface area contributed by atoms with Gasteiger partial charge in [-0.3, -0.25) is 14.7 Å². The molecule has 0 amide bonds. The molecule has 0 aliphatic carbocycles. The molecule has 1 saturated heterocycles. The van der Waals surface area contributed by atoms with Gasteiger partial charge >= 0.3 is 5.97 Å². The molecular formula is C15H17N3O2S. The Morgan fingerprint density at radius 1 is 1.33 bits per heavy atom. The van der Waals surface area contributed by atoms with Gasteiger partial charge in [-0.15, -0.1) is 11.3 Å². The third-order valence-corrected chi connectivity index (χ3v) is 4.65. The molecule has 2 aromatic heterocycles. The van der Waals surface area contributed by atoms with E-state index in [9.17, 15) is 4.79 Å². The predicted octanol–water partition coefficient (Wildman–Crippen LogP) is 2.43. The maximum absolute atomic E-state index is 11.0. The summed E-state index contributed by atoms with van der Waals surface area (Å²) in [5, 5.41) is 9.87. The fourth-order valence-electron chi connectivity index (χ4n) is 2.53. The Kier molecular flexibility index (Phi) is 4.26. The van der Waals surface area contributed by atoms with Crippen LogP contribution in [0, 0.1) is 0 Å². The van der Waals surface area contributed by atoms with Crippen molar-refractivity contribution in [2.24, 2.45) is 0 Å². The molecule has 0 saturated carbocycles. The van der Waals surface area contributed by atoms with Gasteiger partial charge in [0.25, 0.3) is 0 Å². The Hall–Kier alpha value is -1.79. The van der Waals surface area contributed by atoms with Crippen LogP contribution >= 0.6 is 11.3 Å². The average Bonchev–Trinajstić information content (AvgIpc) is 3.11. The van der Waals surface area contributed by atoms with Crippen molar-refractivity contribution in [3.63, 3.8) is 0 Å². The monoisotopic (exact) mass is 303 g/mol. The number of pyridine rings is 1. The number of carboxylic acid groups (broad SMARTS) is 1. The van der Waals surface area contributed by atoms with E-state index in [1.807, 2.05) is 18.2 Å². The van der Waals surface area contributed by atoms with Crippen molar-refractivity contribution < 1.29 is 9.90 Å². The molecule has 0 bridgehead atoms. The van der Waals surface area contributed by atoms with Crippen molar-refractivity contribution in [2.75, 3.05) is 13.1 Å². The fraction of sp³-hybridized carbons (Fsp3) is 0.400. The van der Waals surface area contributed by atoms with Gasteiger partial charge in [0, 0.05) is 17.6 Å². The predicted molar refractivity (Wildman–Crippen MR) is 81.2 cm³/mol. The summed E-state index contributed by atoms with van der Waals surface area (Å²) in [4.78, 5) is 23.3. The van der Waals surface area contributed by atoms with Crippen LogP contribution < -0.4 is 0 Å². The minimum absolute atomic E-state index is 0.0213. The molecule has 1 aliphatic heterocycles. The molecule has 0 unspecified atom stereocenters. The molecule has 1 N–H and O–H groups in total. The van der Waals surface area contributed by atoms with E-state index in [-0.39, 0.29) is 6.42 Å². The number of likely N-dealkylation sites (tertiary alicyclic amines) is 1. The standard InChI is InChI=1S/C15H17N3O2S/c19-14(20)9-12-13(10-18-7-3-4-8-18)21-15(17-12)11-5-1-2-6-16-11/h1-2,5-6H,3-4,7-10H2,(H,19,20). The van der Waals surface area contributed by atoms with Crippen LogP contribution in [-0.2, 0) is 17.8 Å². The quantitative estimate of drug-likeness (QED) is 0.919. The van der Waals surface area contributed by atoms with Crippen LogP contribution in [-0.4, -0.2) is 39.0 Å². The SMILES string of the molecule is O=C(O)Cc1nc(-c2ccccn2)sc1CN1CCCC1. The lowest BCUT2D eigenvalue weighted by Gasteiger charge is -2.13. The minimum Gasteiger partial charge on any atom is -0.481 e. The lowest BCUT2D eigenvalue weighted by Crippen LogP contribution is -2.19. The van der Waals surface area contributed by atoms with Gasteiger partial charge in [-0.05, 0) is 38.1 Å². The topological polar surface area (TPSA) is 66.3 Å². The Balaban J connectivity index is 1.88. The summed E-state index contributed by atoms with van der Waals surface area (Å²) in [7, 11) is 0. The number of hydrogen-bond acceptors (Lipinski definition) is 5. The van der Waals surface area contributed by atoms with Crippen LogP contribution in [0.25, 0.3) is 10.7 Å². The summed E-state index contributed by atoms with van der Waals surface area (Å²) in [5.41, 5.74) is 1.49. The first-order chi connectivity index (χ1) is 10.2. The molecule has 0 radical (unpaired) electrons. The van der Waals surface area contributed by atoms with Crippen LogP contribution in [0.1, 0.15) is 23.4 Å². The van der Waals surface area contributed by atoms with E-state index in [2.05, 4.69) is 14.9 Å². The number of aromatic nitrogens is 2. The summed E-state index contributed by atoms with van der Waals surface area (Å²) in [6.07, 6.45) is 4.15. The maximum Gasteiger partial charge on any atom is 0.309 e. The van der Waals surface area contributed by atoms with Crippen molar-refractivity contribution in [1.29, 1.82) is 0 Å². The van der Waals surface area contributed by atoms with Crippen molar-refractivity contribution in [3.05, 3.63) is 35.0 Å². The Bertz CT molecular complexity index is 621. The normalized spacial score (nSPS) is 15.4. The summed E-state index contributed by atoms with van der Waals surface area (Å²) < 4.78 is 0. The number of carboxylic acids is 1. The van der Waals surface area contributed by atoms with E-state index in [0.717, 1.165) is 35.2 Å². The van der Waals surface area contributed by atoms with Gasteiger partial charge in [-0.1, -0.05) is 6.07 Å². The molecule has 2 aromatic rings. The number of rotatable bonds is 5.